The summed E-state index contributed by atoms with van der Waals surface area (Å²) in [5, 5.41) is 4.73. The second kappa shape index (κ2) is 9.71. The summed E-state index contributed by atoms with van der Waals surface area (Å²) in [4.78, 5) is 26.9. The molecular formula is C27H31N3O4. The SMILES string of the molecule is CCOC(=O)c1cc(C(C)(C)C)nn1-c1ccc2c(c1)CCN(C(=O)OCc1ccccc1)C2. The van der Waals surface area contributed by atoms with Crippen LogP contribution in [0.4, 0.5) is 4.79 Å². The predicted octanol–water partition coefficient (Wildman–Crippen LogP) is 5.04. The molecule has 2 aromatic carbocycles. The van der Waals surface area contributed by atoms with Gasteiger partial charge in [-0.1, -0.05) is 57.2 Å². The molecule has 7 heteroatoms. The molecular weight excluding hydrogens is 430 g/mol. The quantitative estimate of drug-likeness (QED) is 0.498. The summed E-state index contributed by atoms with van der Waals surface area (Å²) < 4.78 is 12.4. The molecule has 0 unspecified atom stereocenters. The number of aromatic nitrogens is 2. The van der Waals surface area contributed by atoms with E-state index in [1.54, 1.807) is 16.5 Å². The Balaban J connectivity index is 1.52. The number of ether oxygens (including phenoxy) is 2. The topological polar surface area (TPSA) is 73.7 Å². The summed E-state index contributed by atoms with van der Waals surface area (Å²) >= 11 is 0. The first-order chi connectivity index (χ1) is 16.3. The third-order valence-electron chi connectivity index (χ3n) is 5.87. The lowest BCUT2D eigenvalue weighted by Gasteiger charge is -2.28. The number of nitrogens with zero attached hydrogens (tertiary/aromatic N) is 3. The smallest absolute Gasteiger partial charge is 0.410 e. The summed E-state index contributed by atoms with van der Waals surface area (Å²) in [7, 11) is 0. The largest absolute Gasteiger partial charge is 0.461 e. The van der Waals surface area contributed by atoms with E-state index in [0.717, 1.165) is 28.1 Å². The van der Waals surface area contributed by atoms with Gasteiger partial charge < -0.3 is 14.4 Å². The number of rotatable bonds is 5. The van der Waals surface area contributed by atoms with E-state index in [-0.39, 0.29) is 18.1 Å². The summed E-state index contributed by atoms with van der Waals surface area (Å²) in [6, 6.07) is 17.4. The molecule has 1 aliphatic rings. The maximum absolute atomic E-state index is 12.6. The van der Waals surface area contributed by atoms with Crippen molar-refractivity contribution in [3.05, 3.63) is 82.7 Å². The van der Waals surface area contributed by atoms with Crippen LogP contribution in [0.25, 0.3) is 5.69 Å². The highest BCUT2D eigenvalue weighted by Gasteiger charge is 2.26. The second-order valence-electron chi connectivity index (χ2n) is 9.46. The number of carbonyl (C=O) groups is 2. The monoisotopic (exact) mass is 461 g/mol. The molecule has 4 rings (SSSR count). The van der Waals surface area contributed by atoms with Gasteiger partial charge >= 0.3 is 12.1 Å². The molecule has 2 heterocycles. The molecule has 1 aromatic heterocycles. The van der Waals surface area contributed by atoms with Gasteiger partial charge in [0.1, 0.15) is 6.61 Å². The van der Waals surface area contributed by atoms with Crippen molar-refractivity contribution < 1.29 is 19.1 Å². The van der Waals surface area contributed by atoms with Gasteiger partial charge in [0.2, 0.25) is 0 Å². The van der Waals surface area contributed by atoms with E-state index in [0.29, 0.717) is 31.8 Å². The van der Waals surface area contributed by atoms with Gasteiger partial charge in [-0.3, -0.25) is 0 Å². The summed E-state index contributed by atoms with van der Waals surface area (Å²) in [6.07, 6.45) is 0.385. The minimum atomic E-state index is -0.393. The van der Waals surface area contributed by atoms with E-state index in [4.69, 9.17) is 14.6 Å². The van der Waals surface area contributed by atoms with Crippen LogP contribution in [-0.4, -0.2) is 39.9 Å². The zero-order chi connectivity index (χ0) is 24.3. The van der Waals surface area contributed by atoms with Crippen LogP contribution in [0.15, 0.2) is 54.6 Å². The molecule has 7 nitrogen and oxygen atoms in total. The Morgan fingerprint density at radius 3 is 2.47 bits per heavy atom. The molecule has 0 fully saturated rings. The molecule has 0 saturated heterocycles. The van der Waals surface area contributed by atoms with Gasteiger partial charge in [-0.2, -0.15) is 5.10 Å². The number of hydrogen-bond donors (Lipinski definition) is 0. The van der Waals surface area contributed by atoms with Gasteiger partial charge in [0.05, 0.1) is 18.0 Å². The normalized spacial score (nSPS) is 13.4. The van der Waals surface area contributed by atoms with Gasteiger partial charge in [-0.05, 0) is 48.2 Å². The first-order valence-corrected chi connectivity index (χ1v) is 11.6. The van der Waals surface area contributed by atoms with Gasteiger partial charge in [0.25, 0.3) is 0 Å². The molecule has 0 bridgehead atoms. The van der Waals surface area contributed by atoms with Crippen LogP contribution in [0.2, 0.25) is 0 Å². The third-order valence-corrected chi connectivity index (χ3v) is 5.87. The van der Waals surface area contributed by atoms with Crippen LogP contribution >= 0.6 is 0 Å². The average molecular weight is 462 g/mol. The lowest BCUT2D eigenvalue weighted by molar-refractivity contribution is 0.0515. The zero-order valence-corrected chi connectivity index (χ0v) is 20.2. The van der Waals surface area contributed by atoms with Gasteiger partial charge in [0, 0.05) is 18.5 Å². The van der Waals surface area contributed by atoms with Gasteiger partial charge in [-0.25, -0.2) is 14.3 Å². The second-order valence-corrected chi connectivity index (χ2v) is 9.46. The highest BCUT2D eigenvalue weighted by Crippen LogP contribution is 2.27. The minimum absolute atomic E-state index is 0.207. The van der Waals surface area contributed by atoms with Crippen LogP contribution in [-0.2, 0) is 34.5 Å². The molecule has 0 N–H and O–H groups in total. The zero-order valence-electron chi connectivity index (χ0n) is 20.2. The van der Waals surface area contributed by atoms with Crippen LogP contribution < -0.4 is 0 Å². The van der Waals surface area contributed by atoms with Crippen LogP contribution in [0.5, 0.6) is 0 Å². The Labute approximate surface area is 200 Å². The predicted molar refractivity (Wildman–Crippen MR) is 129 cm³/mol. The number of esters is 1. The molecule has 0 spiro atoms. The first kappa shape index (κ1) is 23.5. The van der Waals surface area contributed by atoms with Crippen molar-refractivity contribution in [3.63, 3.8) is 0 Å². The number of hydrogen-bond acceptors (Lipinski definition) is 5. The number of amides is 1. The van der Waals surface area contributed by atoms with Crippen molar-refractivity contribution in [2.24, 2.45) is 0 Å². The molecule has 34 heavy (non-hydrogen) atoms. The van der Waals surface area contributed by atoms with E-state index >= 15 is 0 Å². The molecule has 0 radical (unpaired) electrons. The van der Waals surface area contributed by atoms with E-state index < -0.39 is 5.97 Å². The Bertz CT molecular complexity index is 1180. The lowest BCUT2D eigenvalue weighted by atomic mass is 9.92. The fourth-order valence-electron chi connectivity index (χ4n) is 3.93. The Morgan fingerprint density at radius 1 is 1.00 bits per heavy atom. The molecule has 1 amide bonds. The van der Waals surface area contributed by atoms with Crippen molar-refractivity contribution in [1.29, 1.82) is 0 Å². The van der Waals surface area contributed by atoms with Gasteiger partial charge in [-0.15, -0.1) is 0 Å². The van der Waals surface area contributed by atoms with Crippen molar-refractivity contribution in [2.45, 2.75) is 52.7 Å². The van der Waals surface area contributed by atoms with Crippen LogP contribution in [0.1, 0.15) is 60.6 Å². The molecule has 0 saturated carbocycles. The molecule has 1 aliphatic heterocycles. The molecule has 0 atom stereocenters. The van der Waals surface area contributed by atoms with Crippen LogP contribution in [0, 0.1) is 0 Å². The average Bonchev–Trinajstić information content (AvgIpc) is 3.29. The lowest BCUT2D eigenvalue weighted by Crippen LogP contribution is -2.36. The summed E-state index contributed by atoms with van der Waals surface area (Å²) in [5.74, 6) is -0.393. The van der Waals surface area contributed by atoms with Crippen molar-refractivity contribution in [3.8, 4) is 5.69 Å². The number of carbonyl (C=O) groups excluding carboxylic acids is 2. The fourth-order valence-corrected chi connectivity index (χ4v) is 3.93. The fraction of sp³-hybridized carbons (Fsp3) is 0.370. The first-order valence-electron chi connectivity index (χ1n) is 11.6. The Hall–Kier alpha value is -3.61. The summed E-state index contributed by atoms with van der Waals surface area (Å²) in [5.41, 5.74) is 4.98. The maximum Gasteiger partial charge on any atom is 0.410 e. The summed E-state index contributed by atoms with van der Waals surface area (Å²) in [6.45, 7) is 9.59. The Morgan fingerprint density at radius 2 is 1.76 bits per heavy atom. The van der Waals surface area contributed by atoms with E-state index in [1.807, 2.05) is 54.6 Å². The van der Waals surface area contributed by atoms with E-state index in [2.05, 4.69) is 20.8 Å². The van der Waals surface area contributed by atoms with E-state index in [1.165, 1.54) is 0 Å². The maximum atomic E-state index is 12.6. The van der Waals surface area contributed by atoms with Crippen LogP contribution in [0.3, 0.4) is 0 Å². The highest BCUT2D eigenvalue weighted by molar-refractivity contribution is 5.88. The standard InChI is InChI=1S/C27H31N3O4/c1-5-33-25(31)23-16-24(27(2,3)4)28-30(23)22-12-11-21-17-29(14-13-20(21)15-22)26(32)34-18-19-9-7-6-8-10-19/h6-12,15-16H,5,13-14,17-18H2,1-4H3. The molecule has 178 valence electrons. The van der Waals surface area contributed by atoms with Crippen molar-refractivity contribution in [2.75, 3.05) is 13.2 Å². The van der Waals surface area contributed by atoms with Crippen molar-refractivity contribution >= 4 is 12.1 Å². The molecule has 0 aliphatic carbocycles. The number of fused-ring (bicyclic) bond motifs is 1. The van der Waals surface area contributed by atoms with E-state index in [9.17, 15) is 9.59 Å². The molecule has 3 aromatic rings. The highest BCUT2D eigenvalue weighted by atomic mass is 16.6. The third kappa shape index (κ3) is 5.14. The Kier molecular flexibility index (Phi) is 6.72. The number of benzene rings is 2. The van der Waals surface area contributed by atoms with Crippen molar-refractivity contribution in [1.82, 2.24) is 14.7 Å². The minimum Gasteiger partial charge on any atom is -0.461 e. The van der Waals surface area contributed by atoms with Gasteiger partial charge in [0.15, 0.2) is 5.69 Å².